The van der Waals surface area contributed by atoms with Gasteiger partial charge in [0, 0.05) is 11.8 Å². The number of halogens is 2. The van der Waals surface area contributed by atoms with Gasteiger partial charge in [0.15, 0.2) is 0 Å². The van der Waals surface area contributed by atoms with E-state index in [-0.39, 0.29) is 23.4 Å². The van der Waals surface area contributed by atoms with Crippen molar-refractivity contribution >= 4 is 33.2 Å². The highest BCUT2D eigenvalue weighted by atomic mass is 35.5. The van der Waals surface area contributed by atoms with E-state index in [1.54, 1.807) is 0 Å². The Kier molecular flexibility index (Phi) is 6.49. The lowest BCUT2D eigenvalue weighted by molar-refractivity contribution is 0.447. The summed E-state index contributed by atoms with van der Waals surface area (Å²) in [6.07, 6.45) is 0.581. The number of hydrogen-bond acceptors (Lipinski definition) is 2. The topological polar surface area (TPSA) is 46.2 Å². The first-order chi connectivity index (χ1) is 6.81. The first-order valence-electron chi connectivity index (χ1n) is 4.94. The summed E-state index contributed by atoms with van der Waals surface area (Å²) in [7, 11) is -3.29. The number of hydrogen-bond donors (Lipinski definition) is 1. The highest BCUT2D eigenvalue weighted by Crippen LogP contribution is 2.17. The Labute approximate surface area is 103 Å². The van der Waals surface area contributed by atoms with Crippen LogP contribution in [-0.4, -0.2) is 31.5 Å². The van der Waals surface area contributed by atoms with Crippen molar-refractivity contribution in [1.29, 1.82) is 0 Å². The first-order valence-corrected chi connectivity index (χ1v) is 7.66. The van der Waals surface area contributed by atoms with Gasteiger partial charge in [0.25, 0.3) is 0 Å². The molecule has 0 rings (SSSR count). The van der Waals surface area contributed by atoms with Crippen LogP contribution in [0.25, 0.3) is 0 Å². The molecule has 0 saturated carbocycles. The molecule has 15 heavy (non-hydrogen) atoms. The summed E-state index contributed by atoms with van der Waals surface area (Å²) in [5.74, 6) is 0.555. The van der Waals surface area contributed by atoms with Crippen LogP contribution in [-0.2, 0) is 10.0 Å². The van der Waals surface area contributed by atoms with Crippen molar-refractivity contribution in [2.75, 3.05) is 17.5 Å². The summed E-state index contributed by atoms with van der Waals surface area (Å²) in [5, 5.41) is 0. The molecular weight excluding hydrogens is 257 g/mol. The molecule has 0 aliphatic heterocycles. The molecule has 1 N–H and O–H groups in total. The van der Waals surface area contributed by atoms with Crippen LogP contribution >= 0.6 is 23.2 Å². The third kappa shape index (κ3) is 5.38. The smallest absolute Gasteiger partial charge is 0.212 e. The van der Waals surface area contributed by atoms with Crippen molar-refractivity contribution < 1.29 is 8.42 Å². The Morgan fingerprint density at radius 1 is 1.27 bits per heavy atom. The molecule has 0 unspecified atom stereocenters. The van der Waals surface area contributed by atoms with Gasteiger partial charge in [0.05, 0.1) is 11.3 Å². The summed E-state index contributed by atoms with van der Waals surface area (Å²) in [6, 6.07) is 0. The predicted molar refractivity (Wildman–Crippen MR) is 66.2 cm³/mol. The van der Waals surface area contributed by atoms with Crippen molar-refractivity contribution in [2.45, 2.75) is 32.7 Å². The Morgan fingerprint density at radius 2 is 1.73 bits per heavy atom. The highest BCUT2D eigenvalue weighted by molar-refractivity contribution is 7.89. The summed E-state index contributed by atoms with van der Waals surface area (Å²) in [5.41, 5.74) is -0.711. The zero-order valence-corrected chi connectivity index (χ0v) is 11.7. The molecule has 6 heteroatoms. The van der Waals surface area contributed by atoms with Crippen LogP contribution in [0.1, 0.15) is 27.2 Å². The van der Waals surface area contributed by atoms with Crippen molar-refractivity contribution in [3.8, 4) is 0 Å². The molecule has 0 heterocycles. The lowest BCUT2D eigenvalue weighted by Crippen LogP contribution is -2.52. The van der Waals surface area contributed by atoms with Gasteiger partial charge in [-0.05, 0) is 12.3 Å². The first kappa shape index (κ1) is 15.5. The van der Waals surface area contributed by atoms with E-state index >= 15 is 0 Å². The summed E-state index contributed by atoms with van der Waals surface area (Å²) in [6.45, 7) is 5.57. The fourth-order valence-corrected chi connectivity index (χ4v) is 4.03. The molecule has 0 spiro atoms. The molecule has 0 aromatic rings. The maximum Gasteiger partial charge on any atom is 0.212 e. The third-order valence-electron chi connectivity index (χ3n) is 2.11. The Bertz CT molecular complexity index is 266. The van der Waals surface area contributed by atoms with Crippen molar-refractivity contribution in [1.82, 2.24) is 4.72 Å². The highest BCUT2D eigenvalue weighted by Gasteiger charge is 2.31. The fraction of sp³-hybridized carbons (Fsp3) is 1.00. The van der Waals surface area contributed by atoms with E-state index in [0.717, 1.165) is 0 Å². The van der Waals surface area contributed by atoms with Gasteiger partial charge >= 0.3 is 0 Å². The van der Waals surface area contributed by atoms with Gasteiger partial charge in [-0.15, -0.1) is 23.2 Å². The maximum absolute atomic E-state index is 11.7. The lowest BCUT2D eigenvalue weighted by atomic mass is 10.0. The van der Waals surface area contributed by atoms with Crippen LogP contribution in [0, 0.1) is 5.92 Å². The zero-order valence-electron chi connectivity index (χ0n) is 9.39. The Morgan fingerprint density at radius 3 is 2.00 bits per heavy atom. The van der Waals surface area contributed by atoms with Gasteiger partial charge < -0.3 is 0 Å². The summed E-state index contributed by atoms with van der Waals surface area (Å²) < 4.78 is 26.0. The van der Waals surface area contributed by atoms with Gasteiger partial charge in [-0.1, -0.05) is 20.8 Å². The van der Waals surface area contributed by atoms with Crippen LogP contribution in [0.2, 0.25) is 0 Å². The molecule has 0 amide bonds. The van der Waals surface area contributed by atoms with Gasteiger partial charge in [-0.3, -0.25) is 0 Å². The number of sulfonamides is 1. The van der Waals surface area contributed by atoms with E-state index in [9.17, 15) is 8.42 Å². The molecular formula is C9H19Cl2NO2S. The largest absolute Gasteiger partial charge is 0.212 e. The van der Waals surface area contributed by atoms with Gasteiger partial charge in [0.2, 0.25) is 10.0 Å². The van der Waals surface area contributed by atoms with Gasteiger partial charge in [-0.25, -0.2) is 13.1 Å². The minimum absolute atomic E-state index is 0.0858. The van der Waals surface area contributed by atoms with Crippen LogP contribution in [0.4, 0.5) is 0 Å². The van der Waals surface area contributed by atoms with Crippen molar-refractivity contribution in [3.05, 3.63) is 0 Å². The fourth-order valence-electron chi connectivity index (χ4n) is 1.16. The average molecular weight is 276 g/mol. The SMILES string of the molecule is CCC(CCl)(CCl)NS(=O)(=O)CC(C)C. The van der Waals surface area contributed by atoms with Crippen LogP contribution < -0.4 is 4.72 Å². The summed E-state index contributed by atoms with van der Waals surface area (Å²) in [4.78, 5) is 0. The van der Waals surface area contributed by atoms with Crippen molar-refractivity contribution in [2.24, 2.45) is 5.92 Å². The molecule has 0 aliphatic rings. The molecule has 0 aromatic heterocycles. The molecule has 0 atom stereocenters. The average Bonchev–Trinajstić information content (AvgIpc) is 2.12. The number of alkyl halides is 2. The van der Waals surface area contributed by atoms with Crippen LogP contribution in [0.5, 0.6) is 0 Å². The minimum Gasteiger partial charge on any atom is -0.212 e. The van der Waals surface area contributed by atoms with E-state index in [4.69, 9.17) is 23.2 Å². The van der Waals surface area contributed by atoms with E-state index in [1.807, 2.05) is 20.8 Å². The van der Waals surface area contributed by atoms with Crippen LogP contribution in [0.3, 0.4) is 0 Å². The molecule has 3 nitrogen and oxygen atoms in total. The molecule has 0 aromatic carbocycles. The standard InChI is InChI=1S/C9H19Cl2NO2S/c1-4-9(6-10,7-11)12-15(13,14)5-8(2)3/h8,12H,4-7H2,1-3H3. The lowest BCUT2D eigenvalue weighted by Gasteiger charge is -2.29. The summed E-state index contributed by atoms with van der Waals surface area (Å²) >= 11 is 11.5. The monoisotopic (exact) mass is 275 g/mol. The second-order valence-corrected chi connectivity index (χ2v) is 6.48. The quantitative estimate of drug-likeness (QED) is 0.724. The predicted octanol–water partition coefficient (Wildman–Crippen LogP) is 2.19. The minimum atomic E-state index is -3.29. The Balaban J connectivity index is 4.67. The normalized spacial score (nSPS) is 13.5. The number of nitrogens with one attached hydrogen (secondary N) is 1. The maximum atomic E-state index is 11.7. The third-order valence-corrected chi connectivity index (χ3v) is 4.99. The van der Waals surface area contributed by atoms with Gasteiger partial charge in [0.1, 0.15) is 0 Å². The second kappa shape index (κ2) is 6.28. The van der Waals surface area contributed by atoms with E-state index in [0.29, 0.717) is 6.42 Å². The molecule has 0 bridgehead atoms. The van der Waals surface area contributed by atoms with Gasteiger partial charge in [-0.2, -0.15) is 0 Å². The molecule has 0 radical (unpaired) electrons. The second-order valence-electron chi connectivity index (χ2n) is 4.18. The molecule has 0 fully saturated rings. The molecule has 0 saturated heterocycles. The van der Waals surface area contributed by atoms with E-state index in [2.05, 4.69) is 4.72 Å². The molecule has 92 valence electrons. The zero-order chi connectivity index (χ0) is 12.1. The van der Waals surface area contributed by atoms with Crippen molar-refractivity contribution in [3.63, 3.8) is 0 Å². The van der Waals surface area contributed by atoms with E-state index in [1.165, 1.54) is 0 Å². The van der Waals surface area contributed by atoms with E-state index < -0.39 is 15.6 Å². The van der Waals surface area contributed by atoms with Crippen LogP contribution in [0.15, 0.2) is 0 Å². The molecule has 0 aliphatic carbocycles. The Hall–Kier alpha value is 0.490. The number of rotatable bonds is 7.